The van der Waals surface area contributed by atoms with Crippen LogP contribution in [0.1, 0.15) is 67.1 Å². The van der Waals surface area contributed by atoms with Gasteiger partial charge in [0.25, 0.3) is 5.91 Å². The largest absolute Gasteiger partial charge is 0.347 e. The molecule has 0 atom stereocenters. The number of aromatic nitrogens is 1. The second-order valence-electron chi connectivity index (χ2n) is 8.82. The number of aldehydes is 1. The molecule has 1 saturated heterocycles. The second kappa shape index (κ2) is 13.0. The van der Waals surface area contributed by atoms with Gasteiger partial charge in [-0.15, -0.1) is 0 Å². The number of halogens is 2. The Balaban J connectivity index is 0.00000103. The number of fused-ring (bicyclic) bond motifs is 1. The molecule has 0 unspecified atom stereocenters. The first-order valence-electron chi connectivity index (χ1n) is 12.2. The van der Waals surface area contributed by atoms with E-state index >= 15 is 0 Å². The van der Waals surface area contributed by atoms with Crippen LogP contribution in [-0.4, -0.2) is 34.7 Å². The van der Waals surface area contributed by atoms with E-state index in [9.17, 15) is 4.79 Å². The van der Waals surface area contributed by atoms with Gasteiger partial charge in [-0.05, 0) is 81.3 Å². The highest BCUT2D eigenvalue weighted by atomic mass is 35.5. The van der Waals surface area contributed by atoms with Gasteiger partial charge in [0.05, 0.1) is 5.56 Å². The van der Waals surface area contributed by atoms with Crippen LogP contribution < -0.4 is 0 Å². The number of rotatable bonds is 8. The van der Waals surface area contributed by atoms with Crippen molar-refractivity contribution >= 4 is 46.3 Å². The van der Waals surface area contributed by atoms with Gasteiger partial charge in [-0.3, -0.25) is 4.79 Å². The van der Waals surface area contributed by atoms with Crippen molar-refractivity contribution in [3.05, 3.63) is 69.3 Å². The van der Waals surface area contributed by atoms with Gasteiger partial charge in [0.1, 0.15) is 6.29 Å². The number of carbonyl (C=O) groups excluding carboxylic acids is 2. The van der Waals surface area contributed by atoms with Crippen molar-refractivity contribution in [2.24, 2.45) is 7.05 Å². The molecule has 4 rings (SSSR count). The summed E-state index contributed by atoms with van der Waals surface area (Å²) in [6.45, 7) is 3.16. The topological polar surface area (TPSA) is 42.3 Å². The fourth-order valence-electron chi connectivity index (χ4n) is 4.75. The van der Waals surface area contributed by atoms with E-state index < -0.39 is 0 Å². The molecule has 0 saturated carbocycles. The molecule has 0 N–H and O–H groups in total. The highest BCUT2D eigenvalue weighted by Crippen LogP contribution is 2.31. The number of hydrogen-bond acceptors (Lipinski definition) is 2. The zero-order chi connectivity index (χ0) is 24.5. The molecule has 0 radical (unpaired) electrons. The number of carbonyl (C=O) groups is 2. The predicted molar refractivity (Wildman–Crippen MR) is 142 cm³/mol. The third kappa shape index (κ3) is 6.64. The van der Waals surface area contributed by atoms with Crippen LogP contribution in [0, 0.1) is 0 Å². The summed E-state index contributed by atoms with van der Waals surface area (Å²) < 4.78 is 2.20. The molecule has 0 aliphatic carbocycles. The average molecular weight is 501 g/mol. The summed E-state index contributed by atoms with van der Waals surface area (Å²) in [6, 6.07) is 14.0. The quantitative estimate of drug-likeness (QED) is 0.241. The molecular weight excluding hydrogens is 467 g/mol. The zero-order valence-corrected chi connectivity index (χ0v) is 21.7. The van der Waals surface area contributed by atoms with E-state index in [2.05, 4.69) is 23.7 Å². The summed E-state index contributed by atoms with van der Waals surface area (Å²) in [4.78, 5) is 24.2. The van der Waals surface area contributed by atoms with E-state index in [1.165, 1.54) is 18.9 Å². The van der Waals surface area contributed by atoms with E-state index in [1.807, 2.05) is 35.2 Å². The minimum absolute atomic E-state index is 0.168. The van der Waals surface area contributed by atoms with Gasteiger partial charge in [-0.2, -0.15) is 0 Å². The summed E-state index contributed by atoms with van der Waals surface area (Å²) in [5, 5.41) is 2.48. The van der Waals surface area contributed by atoms with Gasteiger partial charge in [0.15, 0.2) is 0 Å². The summed E-state index contributed by atoms with van der Waals surface area (Å²) >= 11 is 12.4. The van der Waals surface area contributed by atoms with Gasteiger partial charge in [0.2, 0.25) is 0 Å². The first-order chi connectivity index (χ1) is 16.5. The highest BCUT2D eigenvalue weighted by Gasteiger charge is 2.26. The van der Waals surface area contributed by atoms with Crippen LogP contribution in [0.4, 0.5) is 0 Å². The molecule has 34 heavy (non-hydrogen) atoms. The van der Waals surface area contributed by atoms with Gasteiger partial charge in [0, 0.05) is 46.8 Å². The first kappa shape index (κ1) is 26.3. The smallest absolute Gasteiger partial charge is 0.256 e. The molecule has 1 aromatic heterocycles. The molecule has 1 aliphatic heterocycles. The number of hydrogen-bond donors (Lipinski definition) is 0. The maximum absolute atomic E-state index is 13.4. The Hall–Kier alpha value is -2.30. The number of benzene rings is 2. The molecule has 4 nitrogen and oxygen atoms in total. The fourth-order valence-corrected chi connectivity index (χ4v) is 5.13. The molecule has 0 spiro atoms. The Morgan fingerprint density at radius 1 is 0.941 bits per heavy atom. The monoisotopic (exact) mass is 500 g/mol. The summed E-state index contributed by atoms with van der Waals surface area (Å²) in [5.74, 6) is 0.168. The Morgan fingerprint density at radius 2 is 1.59 bits per heavy atom. The summed E-state index contributed by atoms with van der Waals surface area (Å²) in [6.07, 6.45) is 9.48. The van der Waals surface area contributed by atoms with Gasteiger partial charge in [-0.1, -0.05) is 48.2 Å². The minimum Gasteiger partial charge on any atom is -0.347 e. The molecule has 1 fully saturated rings. The van der Waals surface area contributed by atoms with E-state index in [-0.39, 0.29) is 5.91 Å². The van der Waals surface area contributed by atoms with Crippen molar-refractivity contribution in [1.29, 1.82) is 0 Å². The lowest BCUT2D eigenvalue weighted by Crippen LogP contribution is -2.28. The number of aryl methyl sites for hydroxylation is 2. The normalized spacial score (nSPS) is 13.1. The third-order valence-corrected chi connectivity index (χ3v) is 6.88. The molecule has 2 aromatic carbocycles. The third-order valence-electron chi connectivity index (χ3n) is 6.41. The van der Waals surface area contributed by atoms with Crippen molar-refractivity contribution < 1.29 is 9.59 Å². The first-order valence-corrected chi connectivity index (χ1v) is 12.9. The van der Waals surface area contributed by atoms with Crippen LogP contribution in [0.3, 0.4) is 0 Å². The molecule has 6 heteroatoms. The highest BCUT2D eigenvalue weighted by molar-refractivity contribution is 6.31. The van der Waals surface area contributed by atoms with Crippen LogP contribution >= 0.6 is 23.2 Å². The Labute approximate surface area is 212 Å². The fraction of sp³-hybridized carbons (Fsp3) is 0.429. The maximum atomic E-state index is 13.4. The van der Waals surface area contributed by atoms with Crippen molar-refractivity contribution in [3.63, 3.8) is 0 Å². The molecular formula is C28H34Cl2N2O2. The van der Waals surface area contributed by atoms with Crippen molar-refractivity contribution in [2.75, 3.05) is 13.1 Å². The van der Waals surface area contributed by atoms with Crippen molar-refractivity contribution in [2.45, 2.75) is 58.3 Å². The lowest BCUT2D eigenvalue weighted by molar-refractivity contribution is -0.106. The second-order valence-corrected chi connectivity index (χ2v) is 9.69. The Bertz CT molecular complexity index is 1120. The summed E-state index contributed by atoms with van der Waals surface area (Å²) in [5.41, 5.74) is 4.39. The standard InChI is InChI=1S/C26H30Cl2N2O.C2H4O/c1-29-23-14-13-21(28)18-22(23)25(26(31)30-15-6-7-16-30)24(29)12-5-3-2-4-9-19-10-8-11-20(27)17-19;1-2-3/h8,10-11,13-14,17-18H,2-7,9,12,15-16H2,1H3;2H,1H3. The maximum Gasteiger partial charge on any atom is 0.256 e. The lowest BCUT2D eigenvalue weighted by atomic mass is 10.0. The Kier molecular flexibility index (Phi) is 10.0. The Morgan fingerprint density at radius 3 is 2.26 bits per heavy atom. The SMILES string of the molecule is CC=O.Cn1c(CCCCCCc2cccc(Cl)c2)c(C(=O)N2CCCC2)c2cc(Cl)ccc21. The summed E-state index contributed by atoms with van der Waals surface area (Å²) in [7, 11) is 2.07. The molecule has 2 heterocycles. The zero-order valence-electron chi connectivity index (χ0n) is 20.2. The van der Waals surface area contributed by atoms with Crippen LogP contribution in [0.15, 0.2) is 42.5 Å². The molecule has 182 valence electrons. The number of likely N-dealkylation sites (tertiary alicyclic amines) is 1. The molecule has 1 amide bonds. The van der Waals surface area contributed by atoms with Crippen LogP contribution in [0.25, 0.3) is 10.9 Å². The lowest BCUT2D eigenvalue weighted by Gasteiger charge is -2.16. The minimum atomic E-state index is 0.168. The van der Waals surface area contributed by atoms with Crippen LogP contribution in [0.5, 0.6) is 0 Å². The van der Waals surface area contributed by atoms with Gasteiger partial charge < -0.3 is 14.3 Å². The molecule has 0 bridgehead atoms. The molecule has 3 aromatic rings. The predicted octanol–water partition coefficient (Wildman–Crippen LogP) is 7.27. The number of nitrogens with zero attached hydrogens (tertiary/aromatic N) is 2. The number of unbranched alkanes of at least 4 members (excludes halogenated alkanes) is 3. The van der Waals surface area contributed by atoms with Gasteiger partial charge >= 0.3 is 0 Å². The van der Waals surface area contributed by atoms with Crippen LogP contribution in [0.2, 0.25) is 10.0 Å². The van der Waals surface area contributed by atoms with Crippen molar-refractivity contribution in [3.8, 4) is 0 Å². The van der Waals surface area contributed by atoms with E-state index in [4.69, 9.17) is 28.0 Å². The van der Waals surface area contributed by atoms with Crippen molar-refractivity contribution in [1.82, 2.24) is 9.47 Å². The number of amides is 1. The average Bonchev–Trinajstić information content (AvgIpc) is 3.43. The van der Waals surface area contributed by atoms with Crippen LogP contribution in [-0.2, 0) is 24.7 Å². The van der Waals surface area contributed by atoms with Gasteiger partial charge in [-0.25, -0.2) is 0 Å². The van der Waals surface area contributed by atoms with E-state index in [1.54, 1.807) is 0 Å². The molecule has 1 aliphatic rings. The van der Waals surface area contributed by atoms with E-state index in [0.29, 0.717) is 5.02 Å². The van der Waals surface area contributed by atoms with E-state index in [0.717, 1.165) is 91.5 Å².